The van der Waals surface area contributed by atoms with Crippen molar-refractivity contribution in [3.8, 4) is 0 Å². The highest BCUT2D eigenvalue weighted by Crippen LogP contribution is 2.16. The number of halogens is 1. The van der Waals surface area contributed by atoms with Crippen LogP contribution in [-0.2, 0) is 4.79 Å². The molecule has 0 saturated carbocycles. The van der Waals surface area contributed by atoms with Crippen LogP contribution in [-0.4, -0.2) is 36.3 Å². The quantitative estimate of drug-likeness (QED) is 0.920. The van der Waals surface area contributed by atoms with Crippen molar-refractivity contribution in [3.05, 3.63) is 34.3 Å². The topological polar surface area (TPSA) is 49.4 Å². The Labute approximate surface area is 127 Å². The Morgan fingerprint density at radius 2 is 2.15 bits per heavy atom. The van der Waals surface area contributed by atoms with Crippen LogP contribution in [0, 0.1) is 5.92 Å². The van der Waals surface area contributed by atoms with Crippen LogP contribution in [0.15, 0.2) is 28.7 Å². The molecule has 1 saturated heterocycles. The van der Waals surface area contributed by atoms with E-state index >= 15 is 0 Å². The molecule has 2 amide bonds. The normalized spacial score (nSPS) is 18.7. The van der Waals surface area contributed by atoms with E-state index in [-0.39, 0.29) is 18.4 Å². The SMILES string of the molecule is CC1CCCN(C(=O)CNC(=O)c2ccccc2Br)C1. The molecular formula is C15H19BrN2O2. The molecule has 1 heterocycles. The Kier molecular flexibility index (Phi) is 5.17. The Bertz CT molecular complexity index is 504. The molecule has 20 heavy (non-hydrogen) atoms. The van der Waals surface area contributed by atoms with E-state index in [1.807, 2.05) is 17.0 Å². The van der Waals surface area contributed by atoms with Crippen LogP contribution in [0.3, 0.4) is 0 Å². The van der Waals surface area contributed by atoms with Crippen LogP contribution < -0.4 is 5.32 Å². The van der Waals surface area contributed by atoms with Gasteiger partial charge in [0, 0.05) is 17.6 Å². The zero-order valence-electron chi connectivity index (χ0n) is 11.6. The maximum absolute atomic E-state index is 12.1. The van der Waals surface area contributed by atoms with Gasteiger partial charge < -0.3 is 10.2 Å². The molecule has 5 heteroatoms. The van der Waals surface area contributed by atoms with E-state index in [1.54, 1.807) is 12.1 Å². The number of nitrogens with one attached hydrogen (secondary N) is 1. The molecule has 0 radical (unpaired) electrons. The lowest BCUT2D eigenvalue weighted by atomic mass is 10.0. The fourth-order valence-corrected chi connectivity index (χ4v) is 2.89. The number of hydrogen-bond donors (Lipinski definition) is 1. The fourth-order valence-electron chi connectivity index (χ4n) is 2.42. The standard InChI is InChI=1S/C15H19BrN2O2/c1-11-5-4-8-18(10-11)14(19)9-17-15(20)12-6-2-3-7-13(12)16/h2-3,6-7,11H,4-5,8-10H2,1H3,(H,17,20). The maximum Gasteiger partial charge on any atom is 0.252 e. The number of amides is 2. The van der Waals surface area contributed by atoms with Gasteiger partial charge in [-0.1, -0.05) is 19.1 Å². The molecule has 2 rings (SSSR count). The molecule has 1 N–H and O–H groups in total. The Hall–Kier alpha value is -1.36. The van der Waals surface area contributed by atoms with E-state index in [1.165, 1.54) is 6.42 Å². The van der Waals surface area contributed by atoms with Gasteiger partial charge in [0.05, 0.1) is 12.1 Å². The third-order valence-corrected chi connectivity index (χ3v) is 4.22. The zero-order chi connectivity index (χ0) is 14.5. The van der Waals surface area contributed by atoms with E-state index in [9.17, 15) is 9.59 Å². The van der Waals surface area contributed by atoms with Crippen LogP contribution in [0.1, 0.15) is 30.1 Å². The lowest BCUT2D eigenvalue weighted by Gasteiger charge is -2.31. The Balaban J connectivity index is 1.87. The van der Waals surface area contributed by atoms with Crippen molar-refractivity contribution >= 4 is 27.7 Å². The van der Waals surface area contributed by atoms with E-state index < -0.39 is 0 Å². The van der Waals surface area contributed by atoms with Gasteiger partial charge in [-0.2, -0.15) is 0 Å². The lowest BCUT2D eigenvalue weighted by Crippen LogP contribution is -2.44. The smallest absolute Gasteiger partial charge is 0.252 e. The molecule has 1 aliphatic heterocycles. The second-order valence-electron chi connectivity index (χ2n) is 5.25. The van der Waals surface area contributed by atoms with Gasteiger partial charge in [-0.15, -0.1) is 0 Å². The molecule has 1 aliphatic rings. The van der Waals surface area contributed by atoms with Crippen LogP contribution >= 0.6 is 15.9 Å². The van der Waals surface area contributed by atoms with Crippen molar-refractivity contribution in [1.29, 1.82) is 0 Å². The molecule has 1 atom stereocenters. The van der Waals surface area contributed by atoms with E-state index in [0.717, 1.165) is 24.0 Å². The monoisotopic (exact) mass is 338 g/mol. The molecule has 0 aliphatic carbocycles. The molecule has 4 nitrogen and oxygen atoms in total. The largest absolute Gasteiger partial charge is 0.343 e. The van der Waals surface area contributed by atoms with Gasteiger partial charge in [0.25, 0.3) is 5.91 Å². The minimum atomic E-state index is -0.226. The first kappa shape index (κ1) is 15.0. The van der Waals surface area contributed by atoms with Crippen molar-refractivity contribution in [3.63, 3.8) is 0 Å². The first-order valence-electron chi connectivity index (χ1n) is 6.88. The van der Waals surface area contributed by atoms with Crippen molar-refractivity contribution in [1.82, 2.24) is 10.2 Å². The zero-order valence-corrected chi connectivity index (χ0v) is 13.1. The first-order chi connectivity index (χ1) is 9.58. The number of carbonyl (C=O) groups excluding carboxylic acids is 2. The molecule has 1 aromatic rings. The van der Waals surface area contributed by atoms with E-state index in [4.69, 9.17) is 0 Å². The summed E-state index contributed by atoms with van der Waals surface area (Å²) < 4.78 is 0.733. The van der Waals surface area contributed by atoms with Crippen LogP contribution in [0.25, 0.3) is 0 Å². The fraction of sp³-hybridized carbons (Fsp3) is 0.467. The summed E-state index contributed by atoms with van der Waals surface area (Å²) in [6.07, 6.45) is 2.22. The van der Waals surface area contributed by atoms with Gasteiger partial charge in [0.1, 0.15) is 0 Å². The number of carbonyl (C=O) groups is 2. The van der Waals surface area contributed by atoms with E-state index in [0.29, 0.717) is 11.5 Å². The number of likely N-dealkylation sites (tertiary alicyclic amines) is 1. The van der Waals surface area contributed by atoms with Crippen molar-refractivity contribution in [2.75, 3.05) is 19.6 Å². The molecular weight excluding hydrogens is 320 g/mol. The van der Waals surface area contributed by atoms with Gasteiger partial charge in [-0.05, 0) is 46.8 Å². The average Bonchev–Trinajstić information content (AvgIpc) is 2.45. The molecule has 1 unspecified atom stereocenters. The minimum absolute atomic E-state index is 0.00282. The van der Waals surface area contributed by atoms with Crippen molar-refractivity contribution < 1.29 is 9.59 Å². The third-order valence-electron chi connectivity index (χ3n) is 3.53. The molecule has 0 bridgehead atoms. The molecule has 1 fully saturated rings. The van der Waals surface area contributed by atoms with Gasteiger partial charge in [-0.3, -0.25) is 9.59 Å². The second-order valence-corrected chi connectivity index (χ2v) is 6.10. The van der Waals surface area contributed by atoms with Crippen LogP contribution in [0.4, 0.5) is 0 Å². The highest BCUT2D eigenvalue weighted by Gasteiger charge is 2.21. The summed E-state index contributed by atoms with van der Waals surface area (Å²) in [7, 11) is 0. The Morgan fingerprint density at radius 1 is 1.40 bits per heavy atom. The van der Waals surface area contributed by atoms with Crippen LogP contribution in [0.5, 0.6) is 0 Å². The number of hydrogen-bond acceptors (Lipinski definition) is 2. The molecule has 0 spiro atoms. The Morgan fingerprint density at radius 3 is 2.85 bits per heavy atom. The highest BCUT2D eigenvalue weighted by atomic mass is 79.9. The summed E-state index contributed by atoms with van der Waals surface area (Å²) in [5, 5.41) is 2.69. The summed E-state index contributed by atoms with van der Waals surface area (Å²) in [4.78, 5) is 25.9. The summed E-state index contributed by atoms with van der Waals surface area (Å²) in [5.74, 6) is 0.319. The molecule has 1 aromatic carbocycles. The lowest BCUT2D eigenvalue weighted by molar-refractivity contribution is -0.131. The van der Waals surface area contributed by atoms with Gasteiger partial charge in [0.15, 0.2) is 0 Å². The number of benzene rings is 1. The second kappa shape index (κ2) is 6.88. The highest BCUT2D eigenvalue weighted by molar-refractivity contribution is 9.10. The number of nitrogens with zero attached hydrogens (tertiary/aromatic N) is 1. The predicted octanol–water partition coefficient (Wildman–Crippen LogP) is 2.44. The third kappa shape index (κ3) is 3.82. The van der Waals surface area contributed by atoms with Gasteiger partial charge in [0.2, 0.25) is 5.91 Å². The van der Waals surface area contributed by atoms with Crippen molar-refractivity contribution in [2.24, 2.45) is 5.92 Å². The molecule has 108 valence electrons. The summed E-state index contributed by atoms with van der Waals surface area (Å²) >= 11 is 3.33. The van der Waals surface area contributed by atoms with Gasteiger partial charge >= 0.3 is 0 Å². The van der Waals surface area contributed by atoms with Gasteiger partial charge in [-0.25, -0.2) is 0 Å². The number of rotatable bonds is 3. The summed E-state index contributed by atoms with van der Waals surface area (Å²) in [6.45, 7) is 3.81. The summed E-state index contributed by atoms with van der Waals surface area (Å²) in [5.41, 5.74) is 0.548. The minimum Gasteiger partial charge on any atom is -0.343 e. The summed E-state index contributed by atoms with van der Waals surface area (Å²) in [6, 6.07) is 7.19. The first-order valence-corrected chi connectivity index (χ1v) is 7.67. The average molecular weight is 339 g/mol. The van der Waals surface area contributed by atoms with Crippen LogP contribution in [0.2, 0.25) is 0 Å². The number of piperidine rings is 1. The predicted molar refractivity (Wildman–Crippen MR) is 81.5 cm³/mol. The van der Waals surface area contributed by atoms with E-state index in [2.05, 4.69) is 28.2 Å². The molecule has 0 aromatic heterocycles. The van der Waals surface area contributed by atoms with Crippen molar-refractivity contribution in [2.45, 2.75) is 19.8 Å². The maximum atomic E-state index is 12.1.